The molecule has 0 radical (unpaired) electrons. The summed E-state index contributed by atoms with van der Waals surface area (Å²) in [5.74, 6) is 0. The van der Waals surface area contributed by atoms with Crippen LogP contribution in [0.25, 0.3) is 0 Å². The first kappa shape index (κ1) is 9.31. The molecule has 1 aliphatic heterocycles. The van der Waals surface area contributed by atoms with Gasteiger partial charge >= 0.3 is 0 Å². The van der Waals surface area contributed by atoms with Crippen molar-refractivity contribution in [3.8, 4) is 0 Å². The smallest absolute Gasteiger partial charge is 0.0382 e. The van der Waals surface area contributed by atoms with E-state index in [-0.39, 0.29) is 5.41 Å². The van der Waals surface area contributed by atoms with Gasteiger partial charge in [-0.15, -0.1) is 0 Å². The zero-order valence-electron chi connectivity index (χ0n) is 8.19. The number of hydrogen-bond acceptors (Lipinski definition) is 1. The summed E-state index contributed by atoms with van der Waals surface area (Å²) in [7, 11) is 0. The molecule has 0 aliphatic carbocycles. The molecule has 1 atom stereocenters. The van der Waals surface area contributed by atoms with Gasteiger partial charge in [-0.3, -0.25) is 0 Å². The highest BCUT2D eigenvalue weighted by molar-refractivity contribution is 14.1. The average Bonchev–Trinajstić information content (AvgIpc) is 2.27. The van der Waals surface area contributed by atoms with E-state index in [4.69, 9.17) is 0 Å². The lowest BCUT2D eigenvalue weighted by molar-refractivity contribution is 0.486. The second-order valence-electron chi connectivity index (χ2n) is 4.28. The van der Waals surface area contributed by atoms with Crippen LogP contribution in [0.2, 0.25) is 0 Å². The number of rotatable bonds is 0. The standard InChI is InChI=1S/C11H14IN/c1-7-11(2,3)9-6-8(12)4-5-10(9)13-7/h4-7,13H,1-3H3/t7-/m0/s1. The normalized spacial score (nSPS) is 23.8. The Morgan fingerprint density at radius 3 is 2.77 bits per heavy atom. The van der Waals surface area contributed by atoms with Gasteiger partial charge in [-0.1, -0.05) is 13.8 Å². The summed E-state index contributed by atoms with van der Waals surface area (Å²) < 4.78 is 1.32. The molecule has 2 rings (SSSR count). The first-order chi connectivity index (χ1) is 6.01. The Labute approximate surface area is 93.1 Å². The minimum Gasteiger partial charge on any atom is -0.381 e. The molecular formula is C11H14IN. The Kier molecular flexibility index (Phi) is 2.06. The van der Waals surface area contributed by atoms with E-state index in [1.807, 2.05) is 0 Å². The van der Waals surface area contributed by atoms with Gasteiger partial charge in [0, 0.05) is 20.7 Å². The van der Waals surface area contributed by atoms with Gasteiger partial charge in [0.2, 0.25) is 0 Å². The molecule has 2 heteroatoms. The van der Waals surface area contributed by atoms with E-state index in [9.17, 15) is 0 Å². The Hall–Kier alpha value is -0.250. The van der Waals surface area contributed by atoms with Crippen molar-refractivity contribution in [2.45, 2.75) is 32.2 Å². The number of halogens is 1. The van der Waals surface area contributed by atoms with Gasteiger partial charge in [0.25, 0.3) is 0 Å². The van der Waals surface area contributed by atoms with E-state index >= 15 is 0 Å². The molecule has 0 spiro atoms. The van der Waals surface area contributed by atoms with Crippen molar-refractivity contribution in [3.63, 3.8) is 0 Å². The highest BCUT2D eigenvalue weighted by Crippen LogP contribution is 2.40. The van der Waals surface area contributed by atoms with Crippen molar-refractivity contribution in [2.75, 3.05) is 5.32 Å². The van der Waals surface area contributed by atoms with E-state index in [0.717, 1.165) is 0 Å². The lowest BCUT2D eigenvalue weighted by Gasteiger charge is -2.24. The van der Waals surface area contributed by atoms with Gasteiger partial charge in [-0.2, -0.15) is 0 Å². The Bertz CT molecular complexity index is 344. The first-order valence-electron chi connectivity index (χ1n) is 4.58. The van der Waals surface area contributed by atoms with Gasteiger partial charge in [-0.05, 0) is 53.3 Å². The van der Waals surface area contributed by atoms with E-state index in [2.05, 4.69) is 66.9 Å². The van der Waals surface area contributed by atoms with Crippen LogP contribution in [0.5, 0.6) is 0 Å². The molecule has 13 heavy (non-hydrogen) atoms. The van der Waals surface area contributed by atoms with Gasteiger partial charge in [0.15, 0.2) is 0 Å². The van der Waals surface area contributed by atoms with Gasteiger partial charge in [0.1, 0.15) is 0 Å². The highest BCUT2D eigenvalue weighted by atomic mass is 127. The van der Waals surface area contributed by atoms with E-state index in [1.54, 1.807) is 0 Å². The average molecular weight is 287 g/mol. The Morgan fingerprint density at radius 1 is 1.38 bits per heavy atom. The van der Waals surface area contributed by atoms with Crippen molar-refractivity contribution in [1.82, 2.24) is 0 Å². The first-order valence-corrected chi connectivity index (χ1v) is 5.66. The predicted octanol–water partition coefficient (Wildman–Crippen LogP) is 3.38. The topological polar surface area (TPSA) is 12.0 Å². The summed E-state index contributed by atoms with van der Waals surface area (Å²) in [5.41, 5.74) is 3.01. The molecule has 0 saturated carbocycles. The van der Waals surface area contributed by atoms with Crippen LogP contribution in [0.1, 0.15) is 26.3 Å². The monoisotopic (exact) mass is 287 g/mol. The molecule has 0 saturated heterocycles. The number of nitrogens with one attached hydrogen (secondary N) is 1. The van der Waals surface area contributed by atoms with Crippen LogP contribution in [0.4, 0.5) is 5.69 Å². The second kappa shape index (κ2) is 2.87. The fraction of sp³-hybridized carbons (Fsp3) is 0.455. The van der Waals surface area contributed by atoms with E-state index in [1.165, 1.54) is 14.8 Å². The third kappa shape index (κ3) is 1.35. The lowest BCUT2D eigenvalue weighted by Crippen LogP contribution is -2.29. The largest absolute Gasteiger partial charge is 0.381 e. The van der Waals surface area contributed by atoms with Crippen molar-refractivity contribution in [1.29, 1.82) is 0 Å². The summed E-state index contributed by atoms with van der Waals surface area (Å²) >= 11 is 2.37. The van der Waals surface area contributed by atoms with Crippen LogP contribution in [0.3, 0.4) is 0 Å². The van der Waals surface area contributed by atoms with Crippen LogP contribution in [-0.2, 0) is 5.41 Å². The molecule has 1 nitrogen and oxygen atoms in total. The molecule has 1 aromatic rings. The fourth-order valence-electron chi connectivity index (χ4n) is 1.82. The Balaban J connectivity index is 2.57. The maximum Gasteiger partial charge on any atom is 0.0382 e. The summed E-state index contributed by atoms with van der Waals surface area (Å²) in [6, 6.07) is 7.15. The molecule has 1 aliphatic rings. The van der Waals surface area contributed by atoms with Crippen LogP contribution in [-0.4, -0.2) is 6.04 Å². The van der Waals surface area contributed by atoms with E-state index < -0.39 is 0 Å². The van der Waals surface area contributed by atoms with Crippen LogP contribution < -0.4 is 5.32 Å². The molecule has 0 amide bonds. The van der Waals surface area contributed by atoms with Crippen LogP contribution in [0.15, 0.2) is 18.2 Å². The quantitative estimate of drug-likeness (QED) is 0.721. The van der Waals surface area contributed by atoms with E-state index in [0.29, 0.717) is 6.04 Å². The SMILES string of the molecule is C[C@@H]1Nc2ccc(I)cc2C1(C)C. The number of benzene rings is 1. The molecule has 0 unspecified atom stereocenters. The van der Waals surface area contributed by atoms with Crippen LogP contribution in [0, 0.1) is 3.57 Å². The molecular weight excluding hydrogens is 273 g/mol. The van der Waals surface area contributed by atoms with Crippen molar-refractivity contribution in [2.24, 2.45) is 0 Å². The van der Waals surface area contributed by atoms with Gasteiger partial charge in [-0.25, -0.2) is 0 Å². The predicted molar refractivity (Wildman–Crippen MR) is 65.3 cm³/mol. The second-order valence-corrected chi connectivity index (χ2v) is 5.52. The third-order valence-corrected chi connectivity index (χ3v) is 3.80. The summed E-state index contributed by atoms with van der Waals surface area (Å²) in [6.07, 6.45) is 0. The maximum atomic E-state index is 3.51. The minimum absolute atomic E-state index is 0.260. The number of hydrogen-bond donors (Lipinski definition) is 1. The molecule has 1 N–H and O–H groups in total. The van der Waals surface area contributed by atoms with Crippen molar-refractivity contribution < 1.29 is 0 Å². The van der Waals surface area contributed by atoms with Crippen LogP contribution >= 0.6 is 22.6 Å². The van der Waals surface area contributed by atoms with Gasteiger partial charge in [0.05, 0.1) is 0 Å². The molecule has 70 valence electrons. The third-order valence-electron chi connectivity index (χ3n) is 3.13. The fourth-order valence-corrected chi connectivity index (χ4v) is 2.31. The summed E-state index contributed by atoms with van der Waals surface area (Å²) in [4.78, 5) is 0. The summed E-state index contributed by atoms with van der Waals surface area (Å²) in [6.45, 7) is 6.84. The molecule has 1 heterocycles. The molecule has 0 aromatic heterocycles. The lowest BCUT2D eigenvalue weighted by atomic mass is 9.81. The van der Waals surface area contributed by atoms with Gasteiger partial charge < -0.3 is 5.32 Å². The molecule has 1 aromatic carbocycles. The zero-order chi connectivity index (χ0) is 9.64. The zero-order valence-corrected chi connectivity index (χ0v) is 10.3. The Morgan fingerprint density at radius 2 is 2.08 bits per heavy atom. The maximum absolute atomic E-state index is 3.51. The minimum atomic E-state index is 0.260. The molecule has 0 bridgehead atoms. The highest BCUT2D eigenvalue weighted by Gasteiger charge is 2.36. The van der Waals surface area contributed by atoms with Crippen molar-refractivity contribution in [3.05, 3.63) is 27.3 Å². The number of anilines is 1. The number of fused-ring (bicyclic) bond motifs is 1. The summed E-state index contributed by atoms with van der Waals surface area (Å²) in [5, 5.41) is 3.51. The van der Waals surface area contributed by atoms with Crippen molar-refractivity contribution >= 4 is 28.3 Å². The molecule has 0 fully saturated rings.